The van der Waals surface area contributed by atoms with Crippen LogP contribution in [0.15, 0.2) is 36.4 Å². The van der Waals surface area contributed by atoms with Gasteiger partial charge in [0.2, 0.25) is 5.91 Å². The van der Waals surface area contributed by atoms with Crippen molar-refractivity contribution in [3.05, 3.63) is 63.7 Å². The zero-order chi connectivity index (χ0) is 29.0. The first kappa shape index (κ1) is 31.1. The van der Waals surface area contributed by atoms with Gasteiger partial charge in [-0.1, -0.05) is 41.9 Å². The number of hydrogen-bond donors (Lipinski definition) is 3. The predicted molar refractivity (Wildman–Crippen MR) is 150 cm³/mol. The number of aliphatic hydroxyl groups excluding tert-OH is 1. The van der Waals surface area contributed by atoms with Gasteiger partial charge >= 0.3 is 6.09 Å². The smallest absolute Gasteiger partial charge is 0.408 e. The van der Waals surface area contributed by atoms with Crippen molar-refractivity contribution in [1.82, 2.24) is 10.2 Å². The summed E-state index contributed by atoms with van der Waals surface area (Å²) in [5.41, 5.74) is 1.91. The molecule has 2 unspecified atom stereocenters. The van der Waals surface area contributed by atoms with Crippen LogP contribution >= 0.6 is 11.6 Å². The van der Waals surface area contributed by atoms with Crippen molar-refractivity contribution in [3.63, 3.8) is 0 Å². The number of ether oxygens (including phenoxy) is 1. The molecule has 0 radical (unpaired) electrons. The van der Waals surface area contributed by atoms with Gasteiger partial charge in [-0.05, 0) is 90.6 Å². The standard InChI is InChI=1S/C29H40ClN3O5/c1-17-12-10-14-20(19(17)3)24(25(35)32-23-18(2)13-11-15-21(23)30)33(28(4,5)6)26(36)22(16-34)31-27(37)38-29(7,8)9/h10-15,22,24,34H,16H2,1-9H3,(H,31,37)(H,32,35). The molecule has 3 N–H and O–H groups in total. The number of nitrogens with one attached hydrogen (secondary N) is 2. The van der Waals surface area contributed by atoms with E-state index in [1.807, 2.05) is 39.0 Å². The number of alkyl carbamates (subject to hydrolysis) is 1. The van der Waals surface area contributed by atoms with Gasteiger partial charge in [0.15, 0.2) is 0 Å². The van der Waals surface area contributed by atoms with Crippen molar-refractivity contribution >= 4 is 35.2 Å². The molecule has 0 saturated heterocycles. The Hall–Kier alpha value is -3.10. The highest BCUT2D eigenvalue weighted by Gasteiger charge is 2.42. The molecule has 38 heavy (non-hydrogen) atoms. The summed E-state index contributed by atoms with van der Waals surface area (Å²) < 4.78 is 5.29. The van der Waals surface area contributed by atoms with E-state index in [-0.39, 0.29) is 0 Å². The molecule has 0 saturated carbocycles. The van der Waals surface area contributed by atoms with E-state index in [0.717, 1.165) is 16.7 Å². The molecule has 3 amide bonds. The van der Waals surface area contributed by atoms with E-state index in [9.17, 15) is 19.5 Å². The fourth-order valence-corrected chi connectivity index (χ4v) is 4.37. The number of nitrogens with zero attached hydrogens (tertiary/aromatic N) is 1. The van der Waals surface area contributed by atoms with Crippen molar-refractivity contribution in [1.29, 1.82) is 0 Å². The van der Waals surface area contributed by atoms with Crippen LogP contribution in [0.3, 0.4) is 0 Å². The van der Waals surface area contributed by atoms with Crippen molar-refractivity contribution in [3.8, 4) is 0 Å². The highest BCUT2D eigenvalue weighted by molar-refractivity contribution is 6.34. The second-order valence-electron chi connectivity index (χ2n) is 11.4. The Morgan fingerprint density at radius 2 is 1.55 bits per heavy atom. The zero-order valence-electron chi connectivity index (χ0n) is 23.7. The van der Waals surface area contributed by atoms with Crippen molar-refractivity contribution in [2.45, 2.75) is 85.5 Å². The van der Waals surface area contributed by atoms with Gasteiger partial charge in [-0.2, -0.15) is 0 Å². The lowest BCUT2D eigenvalue weighted by Crippen LogP contribution is -2.59. The molecule has 9 heteroatoms. The fraction of sp³-hybridized carbons (Fsp3) is 0.483. The molecule has 2 atom stereocenters. The number of amides is 3. The summed E-state index contributed by atoms with van der Waals surface area (Å²) in [6.45, 7) is 15.4. The molecule has 0 aliphatic rings. The normalized spacial score (nSPS) is 13.3. The Morgan fingerprint density at radius 1 is 0.974 bits per heavy atom. The number of aryl methyl sites for hydroxylation is 2. The van der Waals surface area contributed by atoms with Crippen molar-refractivity contribution in [2.75, 3.05) is 11.9 Å². The Balaban J connectivity index is 2.64. The molecule has 8 nitrogen and oxygen atoms in total. The molecule has 0 heterocycles. The minimum Gasteiger partial charge on any atom is -0.444 e. The summed E-state index contributed by atoms with van der Waals surface area (Å²) >= 11 is 6.41. The van der Waals surface area contributed by atoms with Gasteiger partial charge in [0.25, 0.3) is 5.91 Å². The van der Waals surface area contributed by atoms with Gasteiger partial charge in [0, 0.05) is 5.54 Å². The lowest BCUT2D eigenvalue weighted by Gasteiger charge is -2.43. The highest BCUT2D eigenvalue weighted by Crippen LogP contribution is 2.35. The molecule has 0 fully saturated rings. The zero-order valence-corrected chi connectivity index (χ0v) is 24.5. The van der Waals surface area contributed by atoms with Crippen LogP contribution in [0.1, 0.15) is 69.8 Å². The van der Waals surface area contributed by atoms with Crippen LogP contribution in [0.5, 0.6) is 0 Å². The lowest BCUT2D eigenvalue weighted by molar-refractivity contribution is -0.147. The summed E-state index contributed by atoms with van der Waals surface area (Å²) in [7, 11) is 0. The van der Waals surface area contributed by atoms with Crippen LogP contribution in [0.2, 0.25) is 5.02 Å². The maximum absolute atomic E-state index is 14.1. The van der Waals surface area contributed by atoms with E-state index in [2.05, 4.69) is 10.6 Å². The van der Waals surface area contributed by atoms with E-state index >= 15 is 0 Å². The minimum absolute atomic E-state index is 0.367. The highest BCUT2D eigenvalue weighted by atomic mass is 35.5. The molecule has 0 aromatic heterocycles. The van der Waals surface area contributed by atoms with Gasteiger partial charge in [-0.3, -0.25) is 9.59 Å². The number of halogens is 1. The third kappa shape index (κ3) is 7.71. The van der Waals surface area contributed by atoms with E-state index in [1.54, 1.807) is 59.7 Å². The van der Waals surface area contributed by atoms with Gasteiger partial charge < -0.3 is 25.4 Å². The Morgan fingerprint density at radius 3 is 2.08 bits per heavy atom. The molecule has 2 rings (SSSR count). The van der Waals surface area contributed by atoms with E-state index < -0.39 is 47.7 Å². The molecule has 0 bridgehead atoms. The first-order chi connectivity index (χ1) is 17.5. The largest absolute Gasteiger partial charge is 0.444 e. The Labute approximate surface area is 230 Å². The molecular formula is C29H40ClN3O5. The number of carbonyl (C=O) groups is 3. The second-order valence-corrected chi connectivity index (χ2v) is 11.8. The molecular weight excluding hydrogens is 506 g/mol. The van der Waals surface area contributed by atoms with Crippen LogP contribution < -0.4 is 10.6 Å². The number of benzene rings is 2. The topological polar surface area (TPSA) is 108 Å². The van der Waals surface area contributed by atoms with Gasteiger partial charge in [-0.15, -0.1) is 0 Å². The van der Waals surface area contributed by atoms with E-state index in [4.69, 9.17) is 16.3 Å². The summed E-state index contributed by atoms with van der Waals surface area (Å²) in [6, 6.07) is 8.40. The number of anilines is 1. The predicted octanol–water partition coefficient (Wildman–Crippen LogP) is 5.46. The number of carbonyl (C=O) groups excluding carboxylic acids is 3. The van der Waals surface area contributed by atoms with Gasteiger partial charge in [-0.25, -0.2) is 4.79 Å². The number of para-hydroxylation sites is 1. The monoisotopic (exact) mass is 545 g/mol. The number of aliphatic hydroxyl groups is 1. The third-order valence-corrected chi connectivity index (χ3v) is 6.36. The molecule has 0 aliphatic heterocycles. The fourth-order valence-electron chi connectivity index (χ4n) is 4.10. The first-order valence-corrected chi connectivity index (χ1v) is 12.9. The van der Waals surface area contributed by atoms with E-state index in [0.29, 0.717) is 16.3 Å². The second kappa shape index (κ2) is 12.2. The van der Waals surface area contributed by atoms with Crippen molar-refractivity contribution in [2.24, 2.45) is 0 Å². The summed E-state index contributed by atoms with van der Waals surface area (Å²) in [5.74, 6) is -1.12. The summed E-state index contributed by atoms with van der Waals surface area (Å²) in [6.07, 6.45) is -0.849. The summed E-state index contributed by atoms with van der Waals surface area (Å²) in [5, 5.41) is 15.9. The van der Waals surface area contributed by atoms with Gasteiger partial charge in [0.05, 0.1) is 17.3 Å². The van der Waals surface area contributed by atoms with Crippen LogP contribution in [-0.2, 0) is 14.3 Å². The van der Waals surface area contributed by atoms with Crippen LogP contribution in [0.4, 0.5) is 10.5 Å². The SMILES string of the molecule is Cc1cccc(C(C(=O)Nc2c(C)cccc2Cl)N(C(=O)C(CO)NC(=O)OC(C)(C)C)C(C)(C)C)c1C. The third-order valence-electron chi connectivity index (χ3n) is 6.05. The average molecular weight is 546 g/mol. The number of hydrogen-bond acceptors (Lipinski definition) is 5. The molecule has 2 aromatic carbocycles. The molecule has 208 valence electrons. The van der Waals surface area contributed by atoms with Crippen LogP contribution in [-0.4, -0.2) is 51.7 Å². The maximum Gasteiger partial charge on any atom is 0.408 e. The summed E-state index contributed by atoms with van der Waals surface area (Å²) in [4.78, 5) is 42.0. The number of rotatable bonds is 7. The molecule has 0 spiro atoms. The minimum atomic E-state index is -1.34. The maximum atomic E-state index is 14.1. The Bertz CT molecular complexity index is 1160. The molecule has 2 aromatic rings. The quantitative estimate of drug-likeness (QED) is 0.428. The van der Waals surface area contributed by atoms with Gasteiger partial charge in [0.1, 0.15) is 17.7 Å². The Kier molecular flexibility index (Phi) is 9.97. The van der Waals surface area contributed by atoms with Crippen molar-refractivity contribution < 1.29 is 24.2 Å². The van der Waals surface area contributed by atoms with Crippen LogP contribution in [0, 0.1) is 20.8 Å². The average Bonchev–Trinajstić information content (AvgIpc) is 2.78. The lowest BCUT2D eigenvalue weighted by atomic mass is 9.91. The van der Waals surface area contributed by atoms with E-state index in [1.165, 1.54) is 4.90 Å². The van der Waals surface area contributed by atoms with Crippen LogP contribution in [0.25, 0.3) is 0 Å². The molecule has 0 aliphatic carbocycles. The first-order valence-electron chi connectivity index (χ1n) is 12.5.